The Morgan fingerprint density at radius 3 is 2.25 bits per heavy atom. The average Bonchev–Trinajstić information content (AvgIpc) is 2.38. The molecular weight excluding hydrogens is 315 g/mol. The van der Waals surface area contributed by atoms with Crippen molar-refractivity contribution in [2.24, 2.45) is 0 Å². The molecule has 2 rings (SSSR count). The van der Waals surface area contributed by atoms with Gasteiger partial charge in [-0.15, -0.1) is 0 Å². The highest BCUT2D eigenvalue weighted by molar-refractivity contribution is 7.94. The molecule has 0 saturated heterocycles. The second-order valence-corrected chi connectivity index (χ2v) is 7.00. The number of halogens is 2. The fourth-order valence-corrected chi connectivity index (χ4v) is 3.08. The van der Waals surface area contributed by atoms with Crippen LogP contribution in [-0.2, 0) is 9.84 Å². The van der Waals surface area contributed by atoms with Gasteiger partial charge in [0.1, 0.15) is 0 Å². The van der Waals surface area contributed by atoms with E-state index in [1.54, 1.807) is 42.5 Å². The molecule has 0 N–H and O–H groups in total. The van der Waals surface area contributed by atoms with E-state index in [1.165, 1.54) is 6.08 Å². The molecule has 0 aliphatic heterocycles. The molecule has 2 aromatic rings. The fourth-order valence-electron chi connectivity index (χ4n) is 1.61. The summed E-state index contributed by atoms with van der Waals surface area (Å²) in [5.74, 6) is 0. The third-order valence-corrected chi connectivity index (χ3v) is 4.72. The predicted octanol–water partition coefficient (Wildman–Crippen LogP) is 4.75. The first kappa shape index (κ1) is 15.1. The van der Waals surface area contributed by atoms with Crippen molar-refractivity contribution >= 4 is 39.1 Å². The number of sulfone groups is 1. The topological polar surface area (TPSA) is 34.1 Å². The maximum atomic E-state index is 12.1. The van der Waals surface area contributed by atoms with Crippen LogP contribution in [0.2, 0.25) is 10.0 Å². The Hall–Kier alpha value is -1.29. The maximum absolute atomic E-state index is 12.1. The van der Waals surface area contributed by atoms with Crippen LogP contribution in [0, 0.1) is 6.92 Å². The summed E-state index contributed by atoms with van der Waals surface area (Å²) in [6.45, 7) is 1.90. The quantitative estimate of drug-likeness (QED) is 0.815. The van der Waals surface area contributed by atoms with Gasteiger partial charge < -0.3 is 0 Å². The van der Waals surface area contributed by atoms with Gasteiger partial charge in [0.25, 0.3) is 0 Å². The van der Waals surface area contributed by atoms with Crippen LogP contribution in [0.4, 0.5) is 0 Å². The van der Waals surface area contributed by atoms with Crippen LogP contribution in [0.1, 0.15) is 11.1 Å². The van der Waals surface area contributed by atoms with E-state index < -0.39 is 9.84 Å². The van der Waals surface area contributed by atoms with Crippen molar-refractivity contribution in [3.05, 3.63) is 69.0 Å². The van der Waals surface area contributed by atoms with Crippen molar-refractivity contribution in [1.29, 1.82) is 0 Å². The van der Waals surface area contributed by atoms with E-state index in [0.717, 1.165) is 11.0 Å². The van der Waals surface area contributed by atoms with Crippen LogP contribution < -0.4 is 0 Å². The lowest BCUT2D eigenvalue weighted by molar-refractivity contribution is 0.605. The summed E-state index contributed by atoms with van der Waals surface area (Å²) in [6.07, 6.45) is 1.47. The van der Waals surface area contributed by atoms with E-state index >= 15 is 0 Å². The Balaban J connectivity index is 2.32. The molecule has 0 amide bonds. The van der Waals surface area contributed by atoms with Crippen LogP contribution >= 0.6 is 23.2 Å². The predicted molar refractivity (Wildman–Crippen MR) is 83.9 cm³/mol. The second-order valence-electron chi connectivity index (χ2n) is 4.33. The Kier molecular flexibility index (Phi) is 4.53. The largest absolute Gasteiger partial charge is 0.219 e. The first-order chi connectivity index (χ1) is 9.38. The molecule has 0 atom stereocenters. The summed E-state index contributed by atoms with van der Waals surface area (Å²) < 4.78 is 24.3. The summed E-state index contributed by atoms with van der Waals surface area (Å²) in [5.41, 5.74) is 1.61. The minimum Gasteiger partial charge on any atom is -0.219 e. The highest BCUT2D eigenvalue weighted by atomic mass is 35.5. The zero-order chi connectivity index (χ0) is 14.8. The molecule has 0 radical (unpaired) electrons. The van der Waals surface area contributed by atoms with E-state index in [1.807, 2.05) is 6.92 Å². The standard InChI is InChI=1S/C15H12Cl2O2S/c1-11-2-6-14(7-3-11)20(18,19)9-8-12-4-5-13(16)10-15(12)17/h2-10H,1H3/b9-8+. The number of aryl methyl sites for hydroxylation is 1. The molecule has 0 spiro atoms. The molecule has 0 unspecified atom stereocenters. The molecule has 0 aromatic heterocycles. The van der Waals surface area contributed by atoms with Gasteiger partial charge in [-0.3, -0.25) is 0 Å². The van der Waals surface area contributed by atoms with E-state index in [9.17, 15) is 8.42 Å². The van der Waals surface area contributed by atoms with Crippen LogP contribution in [0.25, 0.3) is 6.08 Å². The molecule has 0 aliphatic rings. The third kappa shape index (κ3) is 3.63. The summed E-state index contributed by atoms with van der Waals surface area (Å²) in [7, 11) is -3.47. The molecule has 5 heteroatoms. The highest BCUT2D eigenvalue weighted by Crippen LogP contribution is 2.23. The summed E-state index contributed by atoms with van der Waals surface area (Å²) >= 11 is 11.8. The average molecular weight is 327 g/mol. The highest BCUT2D eigenvalue weighted by Gasteiger charge is 2.10. The first-order valence-electron chi connectivity index (χ1n) is 5.83. The molecule has 104 valence electrons. The van der Waals surface area contributed by atoms with E-state index in [2.05, 4.69) is 0 Å². The van der Waals surface area contributed by atoms with Crippen molar-refractivity contribution in [1.82, 2.24) is 0 Å². The van der Waals surface area contributed by atoms with Gasteiger partial charge in [0.15, 0.2) is 9.84 Å². The van der Waals surface area contributed by atoms with Gasteiger partial charge in [-0.05, 0) is 42.8 Å². The second kappa shape index (κ2) is 6.00. The molecule has 0 aliphatic carbocycles. The van der Waals surface area contributed by atoms with Gasteiger partial charge in [0, 0.05) is 15.5 Å². The number of rotatable bonds is 3. The fraction of sp³-hybridized carbons (Fsp3) is 0.0667. The van der Waals surface area contributed by atoms with Crippen molar-refractivity contribution in [2.75, 3.05) is 0 Å². The van der Waals surface area contributed by atoms with E-state index in [0.29, 0.717) is 15.6 Å². The molecule has 0 bridgehead atoms. The smallest absolute Gasteiger partial charge is 0.199 e. The van der Waals surface area contributed by atoms with Gasteiger partial charge in [0.05, 0.1) is 4.90 Å². The Morgan fingerprint density at radius 1 is 1.00 bits per heavy atom. The van der Waals surface area contributed by atoms with Gasteiger partial charge in [-0.2, -0.15) is 0 Å². The lowest BCUT2D eigenvalue weighted by atomic mass is 10.2. The molecule has 20 heavy (non-hydrogen) atoms. The Bertz CT molecular complexity index is 748. The van der Waals surface area contributed by atoms with Crippen LogP contribution in [0.5, 0.6) is 0 Å². The van der Waals surface area contributed by atoms with Gasteiger partial charge in [-0.1, -0.05) is 47.0 Å². The van der Waals surface area contributed by atoms with Gasteiger partial charge in [-0.25, -0.2) is 8.42 Å². The van der Waals surface area contributed by atoms with Gasteiger partial charge in [0.2, 0.25) is 0 Å². The SMILES string of the molecule is Cc1ccc(S(=O)(=O)/C=C/c2ccc(Cl)cc2Cl)cc1. The van der Waals surface area contributed by atoms with Crippen molar-refractivity contribution in [3.8, 4) is 0 Å². The van der Waals surface area contributed by atoms with Crippen molar-refractivity contribution in [3.63, 3.8) is 0 Å². The van der Waals surface area contributed by atoms with Crippen LogP contribution in [0.15, 0.2) is 52.8 Å². The van der Waals surface area contributed by atoms with E-state index in [-0.39, 0.29) is 4.90 Å². The van der Waals surface area contributed by atoms with Crippen LogP contribution in [0.3, 0.4) is 0 Å². The maximum Gasteiger partial charge on any atom is 0.199 e. The number of hydrogen-bond acceptors (Lipinski definition) is 2. The Labute approximate surface area is 128 Å². The summed E-state index contributed by atoms with van der Waals surface area (Å²) in [4.78, 5) is 0.254. The first-order valence-corrected chi connectivity index (χ1v) is 8.13. The summed E-state index contributed by atoms with van der Waals surface area (Å²) in [6, 6.07) is 11.6. The Morgan fingerprint density at radius 2 is 1.65 bits per heavy atom. The van der Waals surface area contributed by atoms with E-state index in [4.69, 9.17) is 23.2 Å². The van der Waals surface area contributed by atoms with Gasteiger partial charge >= 0.3 is 0 Å². The third-order valence-electron chi connectivity index (χ3n) is 2.74. The molecular formula is C15H12Cl2O2S. The minimum atomic E-state index is -3.47. The lowest BCUT2D eigenvalue weighted by Gasteiger charge is -2.01. The molecule has 0 heterocycles. The zero-order valence-electron chi connectivity index (χ0n) is 10.7. The van der Waals surface area contributed by atoms with Crippen molar-refractivity contribution < 1.29 is 8.42 Å². The van der Waals surface area contributed by atoms with Crippen LogP contribution in [-0.4, -0.2) is 8.42 Å². The minimum absolute atomic E-state index is 0.254. The lowest BCUT2D eigenvalue weighted by Crippen LogP contribution is -1.95. The van der Waals surface area contributed by atoms with Crippen molar-refractivity contribution in [2.45, 2.75) is 11.8 Å². The monoisotopic (exact) mass is 326 g/mol. The molecule has 2 aromatic carbocycles. The number of benzene rings is 2. The molecule has 0 saturated carbocycles. The molecule has 2 nitrogen and oxygen atoms in total. The molecule has 0 fully saturated rings. The summed E-state index contributed by atoms with van der Waals surface area (Å²) in [5, 5.41) is 2.06. The normalized spacial score (nSPS) is 11.9. The number of hydrogen-bond donors (Lipinski definition) is 0. The zero-order valence-corrected chi connectivity index (χ0v) is 13.0.